The molecule has 1 aliphatic rings. The fourth-order valence-electron chi connectivity index (χ4n) is 2.31. The van der Waals surface area contributed by atoms with Crippen LogP contribution in [0.3, 0.4) is 0 Å². The molecule has 0 unspecified atom stereocenters. The van der Waals surface area contributed by atoms with E-state index in [-0.39, 0.29) is 36.0 Å². The number of hydrogen-bond acceptors (Lipinski definition) is 2. The van der Waals surface area contributed by atoms with Crippen molar-refractivity contribution in [3.05, 3.63) is 30.1 Å². The molecule has 5 heteroatoms. The number of carbonyl (C=O) groups is 2. The molecule has 0 aliphatic carbocycles. The minimum Gasteiger partial charge on any atom is -0.351 e. The van der Waals surface area contributed by atoms with E-state index in [0.29, 0.717) is 0 Å². The lowest BCUT2D eigenvalue weighted by molar-refractivity contribution is -0.127. The summed E-state index contributed by atoms with van der Waals surface area (Å²) >= 11 is 0. The molecule has 0 spiro atoms. The van der Waals surface area contributed by atoms with Crippen LogP contribution in [0.15, 0.2) is 24.3 Å². The zero-order chi connectivity index (χ0) is 15.6. The Morgan fingerprint density at radius 2 is 2.10 bits per heavy atom. The molecule has 1 aromatic rings. The number of nitrogens with one attached hydrogen (secondary N) is 1. The molecule has 0 saturated carbocycles. The Bertz CT molecular complexity index is 557. The van der Waals surface area contributed by atoms with Crippen molar-refractivity contribution in [1.82, 2.24) is 5.32 Å². The normalized spacial score (nSPS) is 19.0. The Labute approximate surface area is 124 Å². The van der Waals surface area contributed by atoms with Crippen molar-refractivity contribution in [3.63, 3.8) is 0 Å². The van der Waals surface area contributed by atoms with Gasteiger partial charge in [0, 0.05) is 18.5 Å². The third kappa shape index (κ3) is 3.40. The van der Waals surface area contributed by atoms with E-state index in [4.69, 9.17) is 0 Å². The number of benzene rings is 1. The lowest BCUT2D eigenvalue weighted by Gasteiger charge is -2.26. The Balaban J connectivity index is 2.10. The van der Waals surface area contributed by atoms with E-state index in [9.17, 15) is 14.0 Å². The number of amides is 2. The Morgan fingerprint density at radius 1 is 1.43 bits per heavy atom. The summed E-state index contributed by atoms with van der Waals surface area (Å²) in [6, 6.07) is 6.13. The Hall–Kier alpha value is -1.91. The largest absolute Gasteiger partial charge is 0.351 e. The van der Waals surface area contributed by atoms with Crippen LogP contribution in [0.1, 0.15) is 33.6 Å². The predicted octanol–water partition coefficient (Wildman–Crippen LogP) is 2.48. The van der Waals surface area contributed by atoms with Gasteiger partial charge in [0.25, 0.3) is 0 Å². The third-order valence-electron chi connectivity index (χ3n) is 3.98. The standard InChI is InChI=1S/C16H21FN2O2/c1-4-16(2,3)18-15(21)11-9-14(20)19(10-11)13-8-6-5-7-12(13)17/h5-8,11H,4,9-10H2,1-3H3,(H,18,21)/t11-/m1/s1. The molecule has 1 fully saturated rings. The number of halogens is 1. The molecule has 1 aromatic carbocycles. The molecule has 1 atom stereocenters. The summed E-state index contributed by atoms with van der Waals surface area (Å²) < 4.78 is 13.8. The van der Waals surface area contributed by atoms with Crippen LogP contribution in [0, 0.1) is 11.7 Å². The lowest BCUT2D eigenvalue weighted by Crippen LogP contribution is -2.46. The first-order valence-corrected chi connectivity index (χ1v) is 7.21. The van der Waals surface area contributed by atoms with E-state index in [2.05, 4.69) is 5.32 Å². The summed E-state index contributed by atoms with van der Waals surface area (Å²) in [7, 11) is 0. The smallest absolute Gasteiger partial charge is 0.227 e. The third-order valence-corrected chi connectivity index (χ3v) is 3.98. The number of hydrogen-bond donors (Lipinski definition) is 1. The highest BCUT2D eigenvalue weighted by Crippen LogP contribution is 2.27. The van der Waals surface area contributed by atoms with Crippen LogP contribution in [-0.4, -0.2) is 23.9 Å². The molecule has 1 saturated heterocycles. The second-order valence-electron chi connectivity index (χ2n) is 6.08. The van der Waals surface area contributed by atoms with Gasteiger partial charge in [-0.15, -0.1) is 0 Å². The van der Waals surface area contributed by atoms with Gasteiger partial charge in [-0.1, -0.05) is 19.1 Å². The summed E-state index contributed by atoms with van der Waals surface area (Å²) in [5.74, 6) is -1.23. The summed E-state index contributed by atoms with van der Waals surface area (Å²) in [5.41, 5.74) is -0.0569. The lowest BCUT2D eigenvalue weighted by atomic mass is 9.99. The highest BCUT2D eigenvalue weighted by Gasteiger charge is 2.37. The van der Waals surface area contributed by atoms with Gasteiger partial charge in [-0.2, -0.15) is 0 Å². The van der Waals surface area contributed by atoms with E-state index in [0.717, 1.165) is 6.42 Å². The molecule has 1 heterocycles. The molecule has 1 aliphatic heterocycles. The monoisotopic (exact) mass is 292 g/mol. The quantitative estimate of drug-likeness (QED) is 0.927. The predicted molar refractivity (Wildman–Crippen MR) is 79.4 cm³/mol. The maximum atomic E-state index is 13.8. The highest BCUT2D eigenvalue weighted by atomic mass is 19.1. The van der Waals surface area contributed by atoms with Gasteiger partial charge in [-0.05, 0) is 32.4 Å². The number of para-hydroxylation sites is 1. The molecule has 2 amide bonds. The van der Waals surface area contributed by atoms with Gasteiger partial charge in [0.1, 0.15) is 5.82 Å². The van der Waals surface area contributed by atoms with Gasteiger partial charge in [-0.3, -0.25) is 9.59 Å². The van der Waals surface area contributed by atoms with Crippen LogP contribution in [0.2, 0.25) is 0 Å². The van der Waals surface area contributed by atoms with Crippen molar-refractivity contribution in [2.75, 3.05) is 11.4 Å². The van der Waals surface area contributed by atoms with Crippen molar-refractivity contribution >= 4 is 17.5 Å². The van der Waals surface area contributed by atoms with E-state index in [1.54, 1.807) is 18.2 Å². The Morgan fingerprint density at radius 3 is 2.71 bits per heavy atom. The number of carbonyl (C=O) groups excluding carboxylic acids is 2. The summed E-state index contributed by atoms with van der Waals surface area (Å²) in [4.78, 5) is 25.7. The van der Waals surface area contributed by atoms with Crippen LogP contribution < -0.4 is 10.2 Å². The molecule has 0 radical (unpaired) electrons. The van der Waals surface area contributed by atoms with Gasteiger partial charge in [0.05, 0.1) is 11.6 Å². The van der Waals surface area contributed by atoms with Crippen molar-refractivity contribution in [2.45, 2.75) is 39.2 Å². The van der Waals surface area contributed by atoms with Gasteiger partial charge < -0.3 is 10.2 Å². The van der Waals surface area contributed by atoms with E-state index in [1.165, 1.54) is 11.0 Å². The highest BCUT2D eigenvalue weighted by molar-refractivity contribution is 6.00. The molecule has 2 rings (SSSR count). The summed E-state index contributed by atoms with van der Waals surface area (Å²) in [6.45, 7) is 6.10. The number of nitrogens with zero attached hydrogens (tertiary/aromatic N) is 1. The first-order chi connectivity index (χ1) is 9.84. The zero-order valence-corrected chi connectivity index (χ0v) is 12.6. The van der Waals surface area contributed by atoms with Gasteiger partial charge >= 0.3 is 0 Å². The first kappa shape index (κ1) is 15.5. The molecule has 4 nitrogen and oxygen atoms in total. The van der Waals surface area contributed by atoms with Gasteiger partial charge in [-0.25, -0.2) is 4.39 Å². The minimum atomic E-state index is -0.444. The van der Waals surface area contributed by atoms with Crippen molar-refractivity contribution in [1.29, 1.82) is 0 Å². The summed E-state index contributed by atoms with van der Waals surface area (Å²) in [6.07, 6.45) is 0.927. The second-order valence-corrected chi connectivity index (χ2v) is 6.08. The van der Waals surface area contributed by atoms with E-state index in [1.807, 2.05) is 20.8 Å². The molecule has 21 heavy (non-hydrogen) atoms. The fourth-order valence-corrected chi connectivity index (χ4v) is 2.31. The average Bonchev–Trinajstić information content (AvgIpc) is 2.81. The SMILES string of the molecule is CCC(C)(C)NC(=O)[C@@H]1CC(=O)N(c2ccccc2F)C1. The molecular weight excluding hydrogens is 271 g/mol. The van der Waals surface area contributed by atoms with Crippen LogP contribution in [0.5, 0.6) is 0 Å². The Kier molecular flexibility index (Phi) is 4.30. The van der Waals surface area contributed by atoms with Gasteiger partial charge in [0.15, 0.2) is 0 Å². The molecule has 114 valence electrons. The van der Waals surface area contributed by atoms with Gasteiger partial charge in [0.2, 0.25) is 11.8 Å². The number of rotatable bonds is 4. The summed E-state index contributed by atoms with van der Waals surface area (Å²) in [5, 5.41) is 2.94. The van der Waals surface area contributed by atoms with Crippen LogP contribution >= 0.6 is 0 Å². The van der Waals surface area contributed by atoms with Crippen molar-refractivity contribution in [2.24, 2.45) is 5.92 Å². The van der Waals surface area contributed by atoms with Crippen LogP contribution in [0.25, 0.3) is 0 Å². The number of anilines is 1. The first-order valence-electron chi connectivity index (χ1n) is 7.21. The molecular formula is C16H21FN2O2. The maximum absolute atomic E-state index is 13.8. The molecule has 1 N–H and O–H groups in total. The van der Waals surface area contributed by atoms with Crippen molar-refractivity contribution in [3.8, 4) is 0 Å². The van der Waals surface area contributed by atoms with Crippen LogP contribution in [0.4, 0.5) is 10.1 Å². The maximum Gasteiger partial charge on any atom is 0.227 e. The second kappa shape index (κ2) is 5.84. The topological polar surface area (TPSA) is 49.4 Å². The average molecular weight is 292 g/mol. The van der Waals surface area contributed by atoms with E-state index >= 15 is 0 Å². The molecule has 0 bridgehead atoms. The fraction of sp³-hybridized carbons (Fsp3) is 0.500. The van der Waals surface area contributed by atoms with Crippen molar-refractivity contribution < 1.29 is 14.0 Å². The minimum absolute atomic E-state index is 0.125. The van der Waals surface area contributed by atoms with E-state index < -0.39 is 11.7 Å². The van der Waals surface area contributed by atoms with Crippen LogP contribution in [-0.2, 0) is 9.59 Å². The molecule has 0 aromatic heterocycles. The zero-order valence-electron chi connectivity index (χ0n) is 12.6.